The van der Waals surface area contributed by atoms with Gasteiger partial charge in [0.2, 0.25) is 5.91 Å². The highest BCUT2D eigenvalue weighted by atomic mass is 35.5. The van der Waals surface area contributed by atoms with Gasteiger partial charge in [0.25, 0.3) is 0 Å². The Morgan fingerprint density at radius 2 is 2.32 bits per heavy atom. The summed E-state index contributed by atoms with van der Waals surface area (Å²) in [5.41, 5.74) is 2.02. The number of aryl methyl sites for hydroxylation is 2. The van der Waals surface area contributed by atoms with E-state index in [-0.39, 0.29) is 18.3 Å². The number of amides is 1. The number of nitrogens with one attached hydrogen (secondary N) is 2. The summed E-state index contributed by atoms with van der Waals surface area (Å²) in [6.07, 6.45) is 3.65. The van der Waals surface area contributed by atoms with Gasteiger partial charge in [-0.05, 0) is 39.7 Å². The maximum atomic E-state index is 11.7. The van der Waals surface area contributed by atoms with Crippen molar-refractivity contribution in [3.63, 3.8) is 0 Å². The van der Waals surface area contributed by atoms with Gasteiger partial charge in [0.1, 0.15) is 5.76 Å². The van der Waals surface area contributed by atoms with Gasteiger partial charge in [-0.3, -0.25) is 4.79 Å². The second kappa shape index (κ2) is 7.50. The predicted octanol–water partition coefficient (Wildman–Crippen LogP) is 1.51. The maximum absolute atomic E-state index is 11.7. The highest BCUT2D eigenvalue weighted by Crippen LogP contribution is 2.12. The van der Waals surface area contributed by atoms with E-state index >= 15 is 0 Å². The molecule has 0 saturated carbocycles. The lowest BCUT2D eigenvalue weighted by molar-refractivity contribution is -0.121. The lowest BCUT2D eigenvalue weighted by atomic mass is 10.1. The average molecular weight is 288 g/mol. The first kappa shape index (κ1) is 16.0. The van der Waals surface area contributed by atoms with E-state index in [1.54, 1.807) is 0 Å². The van der Waals surface area contributed by atoms with E-state index in [4.69, 9.17) is 4.52 Å². The van der Waals surface area contributed by atoms with Crippen LogP contribution in [0.15, 0.2) is 4.52 Å². The smallest absolute Gasteiger partial charge is 0.221 e. The molecule has 5 nitrogen and oxygen atoms in total. The van der Waals surface area contributed by atoms with Gasteiger partial charge in [-0.1, -0.05) is 5.16 Å². The summed E-state index contributed by atoms with van der Waals surface area (Å²) >= 11 is 0. The summed E-state index contributed by atoms with van der Waals surface area (Å²) in [6.45, 7) is 5.52. The van der Waals surface area contributed by atoms with E-state index in [0.717, 1.165) is 36.4 Å². The highest BCUT2D eigenvalue weighted by molar-refractivity contribution is 5.85. The minimum atomic E-state index is 0. The van der Waals surface area contributed by atoms with Crippen LogP contribution < -0.4 is 10.6 Å². The van der Waals surface area contributed by atoms with Crippen LogP contribution in [0.4, 0.5) is 0 Å². The molecule has 1 atom stereocenters. The van der Waals surface area contributed by atoms with Crippen LogP contribution in [0.5, 0.6) is 0 Å². The fourth-order valence-electron chi connectivity index (χ4n) is 2.41. The Hall–Kier alpha value is -1.07. The quantitative estimate of drug-likeness (QED) is 0.861. The molecular formula is C13H22ClN3O2. The van der Waals surface area contributed by atoms with Crippen LogP contribution in [0.3, 0.4) is 0 Å². The van der Waals surface area contributed by atoms with Gasteiger partial charge in [0, 0.05) is 24.6 Å². The van der Waals surface area contributed by atoms with Gasteiger partial charge in [0.05, 0.1) is 5.69 Å². The van der Waals surface area contributed by atoms with Crippen LogP contribution in [0.25, 0.3) is 0 Å². The molecule has 0 aliphatic carbocycles. The summed E-state index contributed by atoms with van der Waals surface area (Å²) in [5.74, 6) is 0.973. The highest BCUT2D eigenvalue weighted by Gasteiger charge is 2.17. The molecule has 1 aromatic heterocycles. The molecule has 1 amide bonds. The lowest BCUT2D eigenvalue weighted by Crippen LogP contribution is -2.32. The minimum absolute atomic E-state index is 0. The second-order valence-corrected chi connectivity index (χ2v) is 4.90. The fraction of sp³-hybridized carbons (Fsp3) is 0.692. The monoisotopic (exact) mass is 287 g/mol. The zero-order valence-electron chi connectivity index (χ0n) is 11.5. The molecule has 0 radical (unpaired) electrons. The van der Waals surface area contributed by atoms with Crippen molar-refractivity contribution >= 4 is 18.3 Å². The molecule has 0 bridgehead atoms. The zero-order chi connectivity index (χ0) is 13.0. The summed E-state index contributed by atoms with van der Waals surface area (Å²) in [4.78, 5) is 11.7. The summed E-state index contributed by atoms with van der Waals surface area (Å²) in [6, 6.07) is 0.365. The van der Waals surface area contributed by atoms with Gasteiger partial charge < -0.3 is 15.2 Å². The number of hydrogen-bond acceptors (Lipinski definition) is 4. The third-order valence-electron chi connectivity index (χ3n) is 3.47. The van der Waals surface area contributed by atoms with Gasteiger partial charge >= 0.3 is 0 Å². The van der Waals surface area contributed by atoms with Crippen LogP contribution in [-0.4, -0.2) is 30.2 Å². The van der Waals surface area contributed by atoms with Crippen molar-refractivity contribution in [2.45, 2.75) is 45.6 Å². The standard InChI is InChI=1S/C13H21N3O2.ClH/c1-9-12(10(2)18-16-9)5-7-15-13(17)8-11-4-3-6-14-11;/h11,14H,3-8H2,1-2H3,(H,15,17);1H. The number of rotatable bonds is 5. The minimum Gasteiger partial charge on any atom is -0.361 e. The Balaban J connectivity index is 0.00000180. The van der Waals surface area contributed by atoms with Gasteiger partial charge in [-0.25, -0.2) is 0 Å². The van der Waals surface area contributed by atoms with Crippen molar-refractivity contribution in [2.24, 2.45) is 0 Å². The zero-order valence-corrected chi connectivity index (χ0v) is 12.3. The molecule has 1 fully saturated rings. The first-order valence-electron chi connectivity index (χ1n) is 6.58. The SMILES string of the molecule is Cc1noc(C)c1CCNC(=O)CC1CCCN1.Cl. The topological polar surface area (TPSA) is 67.2 Å². The van der Waals surface area contributed by atoms with Crippen molar-refractivity contribution in [1.29, 1.82) is 0 Å². The lowest BCUT2D eigenvalue weighted by Gasteiger charge is -2.10. The molecule has 1 aliphatic rings. The Kier molecular flexibility index (Phi) is 6.31. The Labute approximate surface area is 119 Å². The van der Waals surface area contributed by atoms with Gasteiger partial charge in [-0.2, -0.15) is 0 Å². The fourth-order valence-corrected chi connectivity index (χ4v) is 2.41. The first-order valence-corrected chi connectivity index (χ1v) is 6.58. The van der Waals surface area contributed by atoms with Gasteiger partial charge in [0.15, 0.2) is 0 Å². The number of carbonyl (C=O) groups is 1. The molecule has 0 spiro atoms. The summed E-state index contributed by atoms with van der Waals surface area (Å²) in [5, 5.41) is 10.2. The molecule has 108 valence electrons. The molecule has 1 aliphatic heterocycles. The third kappa shape index (κ3) is 4.51. The van der Waals surface area contributed by atoms with Crippen LogP contribution in [0.2, 0.25) is 0 Å². The molecular weight excluding hydrogens is 266 g/mol. The molecule has 19 heavy (non-hydrogen) atoms. The predicted molar refractivity (Wildman–Crippen MR) is 75.6 cm³/mol. The van der Waals surface area contributed by atoms with E-state index in [1.165, 1.54) is 6.42 Å². The number of nitrogens with zero attached hydrogens (tertiary/aromatic N) is 1. The van der Waals surface area contributed by atoms with Crippen molar-refractivity contribution in [1.82, 2.24) is 15.8 Å². The maximum Gasteiger partial charge on any atom is 0.221 e. The molecule has 1 unspecified atom stereocenters. The van der Waals surface area contributed by atoms with Crippen molar-refractivity contribution < 1.29 is 9.32 Å². The molecule has 1 saturated heterocycles. The van der Waals surface area contributed by atoms with Crippen LogP contribution in [0, 0.1) is 13.8 Å². The van der Waals surface area contributed by atoms with Gasteiger partial charge in [-0.15, -0.1) is 12.4 Å². The molecule has 2 heterocycles. The van der Waals surface area contributed by atoms with Crippen molar-refractivity contribution in [2.75, 3.05) is 13.1 Å². The summed E-state index contributed by atoms with van der Waals surface area (Å²) < 4.78 is 5.09. The Bertz CT molecular complexity index is 395. The number of halogens is 1. The molecule has 6 heteroatoms. The number of carbonyl (C=O) groups excluding carboxylic acids is 1. The number of hydrogen-bond donors (Lipinski definition) is 2. The molecule has 2 N–H and O–H groups in total. The van der Waals surface area contributed by atoms with Crippen molar-refractivity contribution in [3.8, 4) is 0 Å². The Morgan fingerprint density at radius 3 is 2.89 bits per heavy atom. The van der Waals surface area contributed by atoms with E-state index in [2.05, 4.69) is 15.8 Å². The summed E-state index contributed by atoms with van der Waals surface area (Å²) in [7, 11) is 0. The van der Waals surface area contributed by atoms with E-state index in [9.17, 15) is 4.79 Å². The molecule has 1 aromatic rings. The third-order valence-corrected chi connectivity index (χ3v) is 3.47. The molecule has 2 rings (SSSR count). The average Bonchev–Trinajstić information content (AvgIpc) is 2.93. The number of aromatic nitrogens is 1. The van der Waals surface area contributed by atoms with E-state index < -0.39 is 0 Å². The first-order chi connectivity index (χ1) is 8.66. The molecule has 0 aromatic carbocycles. The van der Waals surface area contributed by atoms with E-state index in [0.29, 0.717) is 19.0 Å². The van der Waals surface area contributed by atoms with Crippen LogP contribution >= 0.6 is 12.4 Å². The van der Waals surface area contributed by atoms with Crippen LogP contribution in [0.1, 0.15) is 36.3 Å². The van der Waals surface area contributed by atoms with Crippen LogP contribution in [-0.2, 0) is 11.2 Å². The largest absolute Gasteiger partial charge is 0.361 e. The second-order valence-electron chi connectivity index (χ2n) is 4.90. The normalized spacial score (nSPS) is 18.1. The Morgan fingerprint density at radius 1 is 1.53 bits per heavy atom. The van der Waals surface area contributed by atoms with Crippen molar-refractivity contribution in [3.05, 3.63) is 17.0 Å². The van der Waals surface area contributed by atoms with E-state index in [1.807, 2.05) is 13.8 Å².